The highest BCUT2D eigenvalue weighted by atomic mass is 35.5. The zero-order chi connectivity index (χ0) is 15.0. The first-order chi connectivity index (χ1) is 10.1. The minimum Gasteiger partial charge on any atom is -0.493 e. The molecule has 0 saturated heterocycles. The number of aromatic nitrogens is 2. The number of nitrogens with one attached hydrogen (secondary N) is 1. The summed E-state index contributed by atoms with van der Waals surface area (Å²) in [4.78, 5) is 3.17. The van der Waals surface area contributed by atoms with Gasteiger partial charge in [0.25, 0.3) is 0 Å². The van der Waals surface area contributed by atoms with Crippen molar-refractivity contribution >= 4 is 34.9 Å². The maximum Gasteiger partial charge on any atom is 0.182 e. The number of nitrogens with zero attached hydrogens (tertiary/aromatic N) is 1. The van der Waals surface area contributed by atoms with Crippen molar-refractivity contribution in [1.29, 1.82) is 0 Å². The van der Waals surface area contributed by atoms with Crippen LogP contribution >= 0.6 is 23.8 Å². The molecule has 108 valence electrons. The molecule has 0 saturated carbocycles. The number of methoxy groups -OCH3 is 2. The Kier molecular flexibility index (Phi) is 3.61. The van der Waals surface area contributed by atoms with Gasteiger partial charge < -0.3 is 14.5 Å². The molecule has 6 heteroatoms. The van der Waals surface area contributed by atoms with Gasteiger partial charge in [-0.1, -0.05) is 17.7 Å². The molecule has 0 radical (unpaired) electrons. The van der Waals surface area contributed by atoms with Gasteiger partial charge >= 0.3 is 0 Å². The number of H-pyrrole nitrogens is 1. The van der Waals surface area contributed by atoms with Gasteiger partial charge in [-0.15, -0.1) is 0 Å². The van der Waals surface area contributed by atoms with Gasteiger partial charge in [0.15, 0.2) is 16.3 Å². The predicted molar refractivity (Wildman–Crippen MR) is 86.6 cm³/mol. The average molecular weight is 321 g/mol. The summed E-state index contributed by atoms with van der Waals surface area (Å²) < 4.78 is 13.2. The van der Waals surface area contributed by atoms with Crippen molar-refractivity contribution in [2.24, 2.45) is 0 Å². The molecule has 1 heterocycles. The van der Waals surface area contributed by atoms with Crippen LogP contribution in [-0.2, 0) is 0 Å². The lowest BCUT2D eigenvalue weighted by atomic mass is 10.2. The lowest BCUT2D eigenvalue weighted by Crippen LogP contribution is -1.95. The number of ether oxygens (including phenoxy) is 2. The van der Waals surface area contributed by atoms with Crippen LogP contribution in [0.25, 0.3) is 16.7 Å². The Morgan fingerprint density at radius 3 is 2.48 bits per heavy atom. The van der Waals surface area contributed by atoms with Crippen molar-refractivity contribution < 1.29 is 9.47 Å². The third-order valence-electron chi connectivity index (χ3n) is 3.25. The number of aromatic amines is 1. The van der Waals surface area contributed by atoms with E-state index in [1.165, 1.54) is 0 Å². The first-order valence-corrected chi connectivity index (χ1v) is 7.05. The van der Waals surface area contributed by atoms with Crippen LogP contribution in [0.1, 0.15) is 0 Å². The molecule has 0 aliphatic heterocycles. The highest BCUT2D eigenvalue weighted by Crippen LogP contribution is 2.33. The monoisotopic (exact) mass is 320 g/mol. The molecule has 4 nitrogen and oxygen atoms in total. The van der Waals surface area contributed by atoms with E-state index >= 15 is 0 Å². The quantitative estimate of drug-likeness (QED) is 0.729. The van der Waals surface area contributed by atoms with Gasteiger partial charge in [-0.25, -0.2) is 0 Å². The molecule has 0 spiro atoms. The second-order valence-electron chi connectivity index (χ2n) is 4.47. The van der Waals surface area contributed by atoms with Gasteiger partial charge in [0.1, 0.15) is 0 Å². The van der Waals surface area contributed by atoms with E-state index in [0.29, 0.717) is 21.3 Å². The fraction of sp³-hybridized carbons (Fsp3) is 0.133. The summed E-state index contributed by atoms with van der Waals surface area (Å²) in [5.74, 6) is 1.30. The number of imidazole rings is 1. The summed E-state index contributed by atoms with van der Waals surface area (Å²) in [6, 6.07) is 11.3. The molecule has 1 aromatic heterocycles. The van der Waals surface area contributed by atoms with Crippen LogP contribution in [-0.4, -0.2) is 23.8 Å². The molecule has 0 bridgehead atoms. The maximum absolute atomic E-state index is 6.07. The number of hydrogen-bond donors (Lipinski definition) is 1. The maximum atomic E-state index is 6.07. The Hall–Kier alpha value is -1.98. The fourth-order valence-corrected chi connectivity index (χ4v) is 2.80. The molecule has 0 aliphatic rings. The van der Waals surface area contributed by atoms with Gasteiger partial charge in [0.2, 0.25) is 0 Å². The van der Waals surface area contributed by atoms with Crippen LogP contribution in [0, 0.1) is 4.77 Å². The van der Waals surface area contributed by atoms with Crippen LogP contribution in [0.2, 0.25) is 5.02 Å². The molecule has 3 rings (SSSR count). The van der Waals surface area contributed by atoms with Crippen molar-refractivity contribution in [2.75, 3.05) is 14.2 Å². The molecule has 1 N–H and O–H groups in total. The third-order valence-corrected chi connectivity index (χ3v) is 3.77. The zero-order valence-electron chi connectivity index (χ0n) is 11.5. The van der Waals surface area contributed by atoms with Gasteiger partial charge in [0.05, 0.1) is 25.3 Å². The number of benzene rings is 2. The molecule has 3 aromatic rings. The first-order valence-electron chi connectivity index (χ1n) is 6.26. The van der Waals surface area contributed by atoms with E-state index in [2.05, 4.69) is 4.98 Å². The van der Waals surface area contributed by atoms with E-state index in [0.717, 1.165) is 16.7 Å². The number of hydrogen-bond acceptors (Lipinski definition) is 3. The average Bonchev–Trinajstić information content (AvgIpc) is 2.80. The summed E-state index contributed by atoms with van der Waals surface area (Å²) in [7, 11) is 3.21. The SMILES string of the molecule is COc1cc2[nH]c(=S)n(-c3cccc(Cl)c3)c2cc1OC. The molecule has 0 fully saturated rings. The Morgan fingerprint density at radius 1 is 1.10 bits per heavy atom. The predicted octanol–water partition coefficient (Wildman–Crippen LogP) is 4.36. The summed E-state index contributed by atoms with van der Waals surface area (Å²) in [6.07, 6.45) is 0. The fourth-order valence-electron chi connectivity index (χ4n) is 2.31. The second kappa shape index (κ2) is 5.42. The highest BCUT2D eigenvalue weighted by Gasteiger charge is 2.12. The summed E-state index contributed by atoms with van der Waals surface area (Å²) in [6.45, 7) is 0. The lowest BCUT2D eigenvalue weighted by molar-refractivity contribution is 0.355. The van der Waals surface area contributed by atoms with Crippen molar-refractivity contribution in [2.45, 2.75) is 0 Å². The van der Waals surface area contributed by atoms with E-state index in [-0.39, 0.29) is 0 Å². The summed E-state index contributed by atoms with van der Waals surface area (Å²) >= 11 is 11.5. The standard InChI is InChI=1S/C15H13ClN2O2S/c1-19-13-7-11-12(8-14(13)20-2)18(15(21)17-11)10-5-3-4-9(16)6-10/h3-8H,1-2H3,(H,17,21). The van der Waals surface area contributed by atoms with Gasteiger partial charge in [-0.2, -0.15) is 0 Å². The largest absolute Gasteiger partial charge is 0.493 e. The Balaban J connectivity index is 2.33. The Labute approximate surface area is 131 Å². The molecular weight excluding hydrogens is 308 g/mol. The summed E-state index contributed by atoms with van der Waals surface area (Å²) in [5, 5.41) is 0.657. The van der Waals surface area contributed by atoms with E-state index in [1.807, 2.05) is 41.0 Å². The third kappa shape index (κ3) is 2.39. The van der Waals surface area contributed by atoms with E-state index < -0.39 is 0 Å². The zero-order valence-corrected chi connectivity index (χ0v) is 13.1. The van der Waals surface area contributed by atoms with Crippen LogP contribution in [0.4, 0.5) is 0 Å². The van der Waals surface area contributed by atoms with Gasteiger partial charge in [0, 0.05) is 22.8 Å². The molecule has 0 atom stereocenters. The topological polar surface area (TPSA) is 39.2 Å². The normalized spacial score (nSPS) is 10.8. The lowest BCUT2D eigenvalue weighted by Gasteiger charge is -2.09. The second-order valence-corrected chi connectivity index (χ2v) is 5.29. The van der Waals surface area contributed by atoms with E-state index in [9.17, 15) is 0 Å². The van der Waals surface area contributed by atoms with Crippen molar-refractivity contribution in [1.82, 2.24) is 9.55 Å². The molecule has 0 amide bonds. The van der Waals surface area contributed by atoms with Crippen LogP contribution < -0.4 is 9.47 Å². The van der Waals surface area contributed by atoms with E-state index in [1.54, 1.807) is 14.2 Å². The van der Waals surface area contributed by atoms with Crippen molar-refractivity contribution in [3.8, 4) is 17.2 Å². The molecule has 2 aromatic carbocycles. The highest BCUT2D eigenvalue weighted by molar-refractivity contribution is 7.71. The first kappa shape index (κ1) is 14.0. The minimum absolute atomic E-state index is 0.586. The summed E-state index contributed by atoms with van der Waals surface area (Å²) in [5.41, 5.74) is 2.67. The van der Waals surface area contributed by atoms with Crippen molar-refractivity contribution in [3.05, 3.63) is 46.2 Å². The van der Waals surface area contributed by atoms with E-state index in [4.69, 9.17) is 33.3 Å². The Morgan fingerprint density at radius 2 is 1.81 bits per heavy atom. The smallest absolute Gasteiger partial charge is 0.182 e. The van der Waals surface area contributed by atoms with Gasteiger partial charge in [-0.3, -0.25) is 4.57 Å². The van der Waals surface area contributed by atoms with Crippen LogP contribution in [0.15, 0.2) is 36.4 Å². The molecule has 21 heavy (non-hydrogen) atoms. The van der Waals surface area contributed by atoms with Gasteiger partial charge in [-0.05, 0) is 30.4 Å². The molecule has 0 aliphatic carbocycles. The number of fused-ring (bicyclic) bond motifs is 1. The number of halogens is 1. The Bertz CT molecular complexity index is 870. The van der Waals surface area contributed by atoms with Crippen molar-refractivity contribution in [3.63, 3.8) is 0 Å². The van der Waals surface area contributed by atoms with Crippen LogP contribution in [0.3, 0.4) is 0 Å². The molecular formula is C15H13ClN2O2S. The minimum atomic E-state index is 0.586. The molecule has 0 unspecified atom stereocenters. The number of rotatable bonds is 3. The van der Waals surface area contributed by atoms with Crippen LogP contribution in [0.5, 0.6) is 11.5 Å².